The first kappa shape index (κ1) is 17.2. The van der Waals surface area contributed by atoms with Crippen LogP contribution in [-0.2, 0) is 10.0 Å². The summed E-state index contributed by atoms with van der Waals surface area (Å²) < 4.78 is 27.4. The van der Waals surface area contributed by atoms with E-state index in [1.54, 1.807) is 12.1 Å². The van der Waals surface area contributed by atoms with Crippen molar-refractivity contribution in [1.29, 1.82) is 0 Å². The van der Waals surface area contributed by atoms with E-state index in [9.17, 15) is 13.2 Å². The summed E-state index contributed by atoms with van der Waals surface area (Å²) in [6, 6.07) is 6.24. The van der Waals surface area contributed by atoms with Crippen molar-refractivity contribution in [3.05, 3.63) is 24.3 Å². The quantitative estimate of drug-likeness (QED) is 0.736. The molecule has 3 N–H and O–H groups in total. The molecular weight excluding hydrogens is 326 g/mol. The van der Waals surface area contributed by atoms with Crippen molar-refractivity contribution in [2.75, 3.05) is 5.32 Å². The summed E-state index contributed by atoms with van der Waals surface area (Å²) in [6.07, 6.45) is 6.29. The lowest BCUT2D eigenvalue weighted by molar-refractivity contribution is 0.248. The van der Waals surface area contributed by atoms with Crippen molar-refractivity contribution < 1.29 is 13.2 Å². The van der Waals surface area contributed by atoms with Crippen LogP contribution in [0.4, 0.5) is 10.5 Å². The van der Waals surface area contributed by atoms with E-state index in [0.717, 1.165) is 25.7 Å². The molecule has 7 heteroatoms. The zero-order valence-electron chi connectivity index (χ0n) is 13.9. The Hall–Kier alpha value is -1.60. The van der Waals surface area contributed by atoms with Crippen LogP contribution in [0.25, 0.3) is 0 Å². The van der Waals surface area contributed by atoms with E-state index in [2.05, 4.69) is 15.4 Å². The summed E-state index contributed by atoms with van der Waals surface area (Å²) in [5.41, 5.74) is 0.579. The van der Waals surface area contributed by atoms with Gasteiger partial charge in [-0.1, -0.05) is 12.8 Å². The fraction of sp³-hybridized carbons (Fsp3) is 0.588. The Bertz CT molecular complexity index is 678. The maximum absolute atomic E-state index is 12.3. The van der Waals surface area contributed by atoms with Gasteiger partial charge in [-0.15, -0.1) is 0 Å². The number of urea groups is 1. The average Bonchev–Trinajstić information content (AvgIpc) is 3.27. The summed E-state index contributed by atoms with van der Waals surface area (Å²) in [5, 5.41) is 5.64. The molecule has 0 heterocycles. The molecule has 3 rings (SSSR count). The minimum Gasteiger partial charge on any atom is -0.335 e. The number of hydrogen-bond acceptors (Lipinski definition) is 3. The standard InChI is InChI=1S/C17H25N3O3S/c1-12(13-6-7-13)18-17(21)19-14-8-10-16(11-9-14)24(22,23)20-15-4-2-3-5-15/h8-13,15,20H,2-7H2,1H3,(H2,18,19,21). The van der Waals surface area contributed by atoms with Gasteiger partial charge in [-0.3, -0.25) is 0 Å². The first-order valence-electron chi connectivity index (χ1n) is 8.64. The topological polar surface area (TPSA) is 87.3 Å². The molecule has 0 saturated heterocycles. The highest BCUT2D eigenvalue weighted by molar-refractivity contribution is 7.89. The minimum atomic E-state index is -3.49. The van der Waals surface area contributed by atoms with Crippen LogP contribution in [0.5, 0.6) is 0 Å². The van der Waals surface area contributed by atoms with Crippen LogP contribution in [0.15, 0.2) is 29.2 Å². The van der Waals surface area contributed by atoms with Gasteiger partial charge in [0.05, 0.1) is 4.90 Å². The number of carbonyl (C=O) groups excluding carboxylic acids is 1. The molecule has 1 aromatic rings. The number of carbonyl (C=O) groups is 1. The normalized spacial score (nSPS) is 19.9. The van der Waals surface area contributed by atoms with Gasteiger partial charge < -0.3 is 10.6 Å². The second-order valence-electron chi connectivity index (χ2n) is 6.85. The third kappa shape index (κ3) is 4.48. The van der Waals surface area contributed by atoms with Gasteiger partial charge >= 0.3 is 6.03 Å². The maximum Gasteiger partial charge on any atom is 0.319 e. The first-order chi connectivity index (χ1) is 11.4. The molecule has 1 unspecified atom stereocenters. The second-order valence-corrected chi connectivity index (χ2v) is 8.57. The van der Waals surface area contributed by atoms with Crippen molar-refractivity contribution in [2.45, 2.75) is 62.4 Å². The van der Waals surface area contributed by atoms with Crippen molar-refractivity contribution in [1.82, 2.24) is 10.0 Å². The molecule has 2 aliphatic rings. The molecule has 0 aliphatic heterocycles. The van der Waals surface area contributed by atoms with E-state index in [0.29, 0.717) is 11.6 Å². The lowest BCUT2D eigenvalue weighted by Gasteiger charge is -2.15. The highest BCUT2D eigenvalue weighted by Crippen LogP contribution is 2.32. The van der Waals surface area contributed by atoms with E-state index < -0.39 is 10.0 Å². The van der Waals surface area contributed by atoms with Crippen molar-refractivity contribution in [2.24, 2.45) is 5.92 Å². The highest BCUT2D eigenvalue weighted by atomic mass is 32.2. The van der Waals surface area contributed by atoms with Gasteiger partial charge in [0.2, 0.25) is 10.0 Å². The molecule has 2 fully saturated rings. The summed E-state index contributed by atoms with van der Waals surface area (Å²) in [4.78, 5) is 12.1. The number of hydrogen-bond donors (Lipinski definition) is 3. The first-order valence-corrected chi connectivity index (χ1v) is 10.1. The Labute approximate surface area is 143 Å². The summed E-state index contributed by atoms with van der Waals surface area (Å²) in [6.45, 7) is 2.00. The van der Waals surface area contributed by atoms with Crippen molar-refractivity contribution >= 4 is 21.7 Å². The van der Waals surface area contributed by atoms with Crippen LogP contribution in [0.1, 0.15) is 45.4 Å². The van der Waals surface area contributed by atoms with E-state index in [-0.39, 0.29) is 23.0 Å². The largest absolute Gasteiger partial charge is 0.335 e. The second kappa shape index (κ2) is 7.11. The molecule has 0 radical (unpaired) electrons. The molecule has 1 aromatic carbocycles. The molecule has 24 heavy (non-hydrogen) atoms. The summed E-state index contributed by atoms with van der Waals surface area (Å²) >= 11 is 0. The van der Waals surface area contributed by atoms with E-state index in [1.807, 2.05) is 6.92 Å². The van der Waals surface area contributed by atoms with E-state index in [4.69, 9.17) is 0 Å². The fourth-order valence-electron chi connectivity index (χ4n) is 3.14. The molecule has 0 bridgehead atoms. The average molecular weight is 351 g/mol. The van der Waals surface area contributed by atoms with E-state index in [1.165, 1.54) is 25.0 Å². The molecule has 0 spiro atoms. The zero-order chi connectivity index (χ0) is 17.2. The Balaban J connectivity index is 1.56. The number of anilines is 1. The van der Waals surface area contributed by atoms with Crippen LogP contribution in [-0.4, -0.2) is 26.5 Å². The van der Waals surface area contributed by atoms with Gasteiger partial charge in [0.15, 0.2) is 0 Å². The molecule has 6 nitrogen and oxygen atoms in total. The third-order valence-corrected chi connectivity index (χ3v) is 6.32. The molecule has 1 atom stereocenters. The van der Waals surface area contributed by atoms with Gasteiger partial charge in [-0.25, -0.2) is 17.9 Å². The zero-order valence-corrected chi connectivity index (χ0v) is 14.7. The molecule has 0 aromatic heterocycles. The molecule has 132 valence electrons. The van der Waals surface area contributed by atoms with Gasteiger partial charge in [0.1, 0.15) is 0 Å². The van der Waals surface area contributed by atoms with Crippen molar-refractivity contribution in [3.8, 4) is 0 Å². The minimum absolute atomic E-state index is 0.0440. The van der Waals surface area contributed by atoms with Gasteiger partial charge in [0, 0.05) is 17.8 Å². The highest BCUT2D eigenvalue weighted by Gasteiger charge is 2.29. The molecule has 2 amide bonds. The summed E-state index contributed by atoms with van der Waals surface area (Å²) in [7, 11) is -3.49. The number of nitrogens with one attached hydrogen (secondary N) is 3. The lowest BCUT2D eigenvalue weighted by atomic mass is 10.2. The predicted molar refractivity (Wildman–Crippen MR) is 93.4 cm³/mol. The maximum atomic E-state index is 12.3. The Morgan fingerprint density at radius 3 is 2.29 bits per heavy atom. The fourth-order valence-corrected chi connectivity index (χ4v) is 4.44. The SMILES string of the molecule is CC(NC(=O)Nc1ccc(S(=O)(=O)NC2CCCC2)cc1)C1CC1. The third-order valence-electron chi connectivity index (χ3n) is 4.79. The van der Waals surface area contributed by atoms with Crippen LogP contribution >= 0.6 is 0 Å². The van der Waals surface area contributed by atoms with Crippen LogP contribution in [0, 0.1) is 5.92 Å². The molecule has 2 saturated carbocycles. The Morgan fingerprint density at radius 1 is 1.08 bits per heavy atom. The van der Waals surface area contributed by atoms with E-state index >= 15 is 0 Å². The Kier molecular flexibility index (Phi) is 5.10. The van der Waals surface area contributed by atoms with Gasteiger partial charge in [-0.05, 0) is 62.8 Å². The molecular formula is C17H25N3O3S. The summed E-state index contributed by atoms with van der Waals surface area (Å²) in [5.74, 6) is 0.588. The van der Waals surface area contributed by atoms with Gasteiger partial charge in [0.25, 0.3) is 0 Å². The number of amides is 2. The number of rotatable bonds is 6. The van der Waals surface area contributed by atoms with Gasteiger partial charge in [-0.2, -0.15) is 0 Å². The Morgan fingerprint density at radius 2 is 1.71 bits per heavy atom. The molecule has 2 aliphatic carbocycles. The monoisotopic (exact) mass is 351 g/mol. The van der Waals surface area contributed by atoms with Crippen LogP contribution in [0.3, 0.4) is 0 Å². The number of sulfonamides is 1. The van der Waals surface area contributed by atoms with Crippen LogP contribution < -0.4 is 15.4 Å². The number of benzene rings is 1. The predicted octanol–water partition coefficient (Wildman–Crippen LogP) is 2.83. The van der Waals surface area contributed by atoms with Crippen LogP contribution in [0.2, 0.25) is 0 Å². The van der Waals surface area contributed by atoms with Crippen molar-refractivity contribution in [3.63, 3.8) is 0 Å². The smallest absolute Gasteiger partial charge is 0.319 e. The lowest BCUT2D eigenvalue weighted by Crippen LogP contribution is -2.37.